The number of Topliss-reactive ketones (excluding diaryl/α,β-unsaturated/α-hetero) is 2. The van der Waals surface area contributed by atoms with E-state index in [2.05, 4.69) is 16.0 Å². The first-order chi connectivity index (χ1) is 21.2. The fraction of sp³-hybridized carbons (Fsp3) is 0.794. The lowest BCUT2D eigenvalue weighted by Gasteiger charge is -2.38. The summed E-state index contributed by atoms with van der Waals surface area (Å²) in [4.78, 5) is 93.9. The second-order valence-corrected chi connectivity index (χ2v) is 16.0. The highest BCUT2D eigenvalue weighted by Gasteiger charge is 2.47. The largest absolute Gasteiger partial charge is 0.344 e. The number of likely N-dealkylation sites (tertiary alicyclic amines) is 2. The van der Waals surface area contributed by atoms with Gasteiger partial charge < -0.3 is 20.9 Å². The van der Waals surface area contributed by atoms with E-state index in [4.69, 9.17) is 0 Å². The van der Waals surface area contributed by atoms with Crippen molar-refractivity contribution < 1.29 is 33.6 Å². The second kappa shape index (κ2) is 14.6. The van der Waals surface area contributed by atoms with Crippen molar-refractivity contribution in [1.29, 1.82) is 0 Å². The summed E-state index contributed by atoms with van der Waals surface area (Å²) >= 11 is 0. The second-order valence-electron chi connectivity index (χ2n) is 16.0. The SMILES string of the molecule is CC(=O)C(=O)C(CC1CC1)NC(=O)[C@@H]1C[C@@H](C(C)C)CN1C(=O)[C@@H](NC(=O)N[C@H](CN1C(=O)CCCC1=O)C(C)(C)C)C(C)(C)C. The molecule has 0 aromatic heterocycles. The van der Waals surface area contributed by atoms with Crippen molar-refractivity contribution in [2.75, 3.05) is 13.1 Å². The van der Waals surface area contributed by atoms with E-state index in [1.165, 1.54) is 16.7 Å². The normalized spacial score (nSPS) is 22.7. The van der Waals surface area contributed by atoms with Gasteiger partial charge >= 0.3 is 6.03 Å². The summed E-state index contributed by atoms with van der Waals surface area (Å²) in [6.45, 7) is 16.8. The van der Waals surface area contributed by atoms with E-state index < -0.39 is 64.4 Å². The molecule has 0 aromatic carbocycles. The van der Waals surface area contributed by atoms with Gasteiger partial charge in [0.2, 0.25) is 29.4 Å². The van der Waals surface area contributed by atoms with Crippen LogP contribution in [0.15, 0.2) is 0 Å². The van der Waals surface area contributed by atoms with Crippen LogP contribution in [-0.2, 0) is 28.8 Å². The first kappa shape index (κ1) is 37.2. The molecule has 46 heavy (non-hydrogen) atoms. The Morgan fingerprint density at radius 2 is 1.46 bits per heavy atom. The number of carbonyl (C=O) groups excluding carboxylic acids is 7. The molecule has 2 saturated heterocycles. The van der Waals surface area contributed by atoms with Crippen LogP contribution in [0.25, 0.3) is 0 Å². The number of rotatable bonds is 12. The number of hydrogen-bond acceptors (Lipinski definition) is 7. The molecule has 258 valence electrons. The number of carbonyl (C=O) groups is 7. The van der Waals surface area contributed by atoms with Gasteiger partial charge in [0.1, 0.15) is 12.1 Å². The molecule has 0 spiro atoms. The number of ketones is 2. The predicted octanol–water partition coefficient (Wildman–Crippen LogP) is 2.97. The summed E-state index contributed by atoms with van der Waals surface area (Å²) in [6, 6.07) is -4.03. The molecule has 3 aliphatic rings. The summed E-state index contributed by atoms with van der Waals surface area (Å²) in [5, 5.41) is 8.56. The molecular weight excluding hydrogens is 590 g/mol. The van der Waals surface area contributed by atoms with Crippen LogP contribution in [0.1, 0.15) is 107 Å². The zero-order valence-corrected chi connectivity index (χ0v) is 29.2. The molecule has 6 amide bonds. The maximum atomic E-state index is 14.3. The number of hydrogen-bond donors (Lipinski definition) is 3. The molecule has 1 saturated carbocycles. The van der Waals surface area contributed by atoms with E-state index in [9.17, 15) is 33.6 Å². The third-order valence-electron chi connectivity index (χ3n) is 9.60. The van der Waals surface area contributed by atoms with Gasteiger partial charge in [0.05, 0.1) is 12.1 Å². The summed E-state index contributed by atoms with van der Waals surface area (Å²) in [6.07, 6.45) is 3.76. The fourth-order valence-corrected chi connectivity index (χ4v) is 6.14. The first-order valence-corrected chi connectivity index (χ1v) is 16.8. The Balaban J connectivity index is 1.81. The minimum absolute atomic E-state index is 0.0180. The van der Waals surface area contributed by atoms with Crippen LogP contribution in [-0.4, -0.2) is 88.3 Å². The third-order valence-corrected chi connectivity index (χ3v) is 9.60. The first-order valence-electron chi connectivity index (χ1n) is 16.8. The average Bonchev–Trinajstić information content (AvgIpc) is 3.63. The molecule has 0 aromatic rings. The van der Waals surface area contributed by atoms with Gasteiger partial charge in [0.15, 0.2) is 5.78 Å². The molecule has 5 atom stereocenters. The Kier molecular flexibility index (Phi) is 11.8. The van der Waals surface area contributed by atoms with Gasteiger partial charge in [0.25, 0.3) is 0 Å². The Labute approximate surface area is 273 Å². The predicted molar refractivity (Wildman–Crippen MR) is 172 cm³/mol. The average molecular weight is 646 g/mol. The highest BCUT2D eigenvalue weighted by molar-refractivity contribution is 6.38. The Bertz CT molecular complexity index is 1200. The van der Waals surface area contributed by atoms with E-state index in [0.717, 1.165) is 12.8 Å². The highest BCUT2D eigenvalue weighted by Crippen LogP contribution is 2.35. The molecule has 0 bridgehead atoms. The summed E-state index contributed by atoms with van der Waals surface area (Å²) in [5.74, 6) is -2.20. The molecule has 3 N–H and O–H groups in total. The van der Waals surface area contributed by atoms with Gasteiger partial charge in [-0.3, -0.25) is 33.7 Å². The van der Waals surface area contributed by atoms with Crippen molar-refractivity contribution >= 4 is 41.2 Å². The lowest BCUT2D eigenvalue weighted by Crippen LogP contribution is -2.62. The monoisotopic (exact) mass is 645 g/mol. The van der Waals surface area contributed by atoms with Crippen molar-refractivity contribution in [3.05, 3.63) is 0 Å². The molecule has 12 nitrogen and oxygen atoms in total. The van der Waals surface area contributed by atoms with Crippen molar-refractivity contribution in [3.63, 3.8) is 0 Å². The lowest BCUT2D eigenvalue weighted by atomic mass is 9.85. The van der Waals surface area contributed by atoms with Gasteiger partial charge in [-0.1, -0.05) is 68.2 Å². The minimum atomic E-state index is -1.02. The number of imide groups is 1. The van der Waals surface area contributed by atoms with Crippen LogP contribution in [0, 0.1) is 28.6 Å². The quantitative estimate of drug-likeness (QED) is 0.217. The Hall–Kier alpha value is -3.31. The fourth-order valence-electron chi connectivity index (χ4n) is 6.14. The van der Waals surface area contributed by atoms with E-state index in [-0.39, 0.29) is 49.0 Å². The maximum Gasteiger partial charge on any atom is 0.315 e. The molecule has 3 fully saturated rings. The molecule has 2 aliphatic heterocycles. The lowest BCUT2D eigenvalue weighted by molar-refractivity contribution is -0.148. The van der Waals surface area contributed by atoms with E-state index in [1.54, 1.807) is 0 Å². The van der Waals surface area contributed by atoms with Crippen LogP contribution < -0.4 is 16.0 Å². The molecule has 0 radical (unpaired) electrons. The Morgan fingerprint density at radius 3 is 1.93 bits per heavy atom. The van der Waals surface area contributed by atoms with Crippen LogP contribution >= 0.6 is 0 Å². The number of nitrogens with one attached hydrogen (secondary N) is 3. The smallest absolute Gasteiger partial charge is 0.315 e. The van der Waals surface area contributed by atoms with E-state index in [1.807, 2.05) is 55.4 Å². The van der Waals surface area contributed by atoms with Crippen molar-refractivity contribution in [2.45, 2.75) is 131 Å². The van der Waals surface area contributed by atoms with Crippen LogP contribution in [0.5, 0.6) is 0 Å². The molecular formula is C34H55N5O7. The van der Waals surface area contributed by atoms with E-state index >= 15 is 0 Å². The zero-order valence-electron chi connectivity index (χ0n) is 29.2. The van der Waals surface area contributed by atoms with Gasteiger partial charge in [-0.05, 0) is 47.8 Å². The number of amides is 6. The molecule has 12 heteroatoms. The highest BCUT2D eigenvalue weighted by atomic mass is 16.2. The standard InChI is InChI=1S/C34H55N5O7/c1-19(2)22-16-24(30(44)35-23(15-21-13-14-21)28(43)20(3)40)38(17-22)31(45)29(34(7,8)9)37-32(46)36-25(33(4,5)6)18-39-26(41)11-10-12-27(39)42/h19,21-25,29H,10-18H2,1-9H3,(H,35,44)(H2,36,37,46)/t22-,23?,24+,25-,29-/m1/s1. The molecule has 1 unspecified atom stereocenters. The van der Waals surface area contributed by atoms with Crippen molar-refractivity contribution in [3.8, 4) is 0 Å². The van der Waals surface area contributed by atoms with Gasteiger partial charge in [-0.25, -0.2) is 4.79 Å². The van der Waals surface area contributed by atoms with Gasteiger partial charge in [0, 0.05) is 32.9 Å². The van der Waals surface area contributed by atoms with E-state index in [0.29, 0.717) is 25.8 Å². The Morgan fingerprint density at radius 1 is 0.870 bits per heavy atom. The number of urea groups is 1. The molecule has 3 rings (SSSR count). The molecule has 2 heterocycles. The molecule has 1 aliphatic carbocycles. The van der Waals surface area contributed by atoms with Crippen LogP contribution in [0.4, 0.5) is 4.79 Å². The third kappa shape index (κ3) is 9.61. The zero-order chi connectivity index (χ0) is 34.7. The maximum absolute atomic E-state index is 14.3. The summed E-state index contributed by atoms with van der Waals surface area (Å²) < 4.78 is 0. The minimum Gasteiger partial charge on any atom is -0.344 e. The number of piperidine rings is 1. The van der Waals surface area contributed by atoms with Crippen molar-refractivity contribution in [1.82, 2.24) is 25.8 Å². The summed E-state index contributed by atoms with van der Waals surface area (Å²) in [7, 11) is 0. The van der Waals surface area contributed by atoms with Gasteiger partial charge in [-0.15, -0.1) is 0 Å². The number of nitrogens with zero attached hydrogens (tertiary/aromatic N) is 2. The van der Waals surface area contributed by atoms with Gasteiger partial charge in [-0.2, -0.15) is 0 Å². The summed E-state index contributed by atoms with van der Waals surface area (Å²) in [5.41, 5.74) is -1.27. The van der Waals surface area contributed by atoms with Crippen molar-refractivity contribution in [2.24, 2.45) is 28.6 Å². The van der Waals surface area contributed by atoms with Crippen LogP contribution in [0.2, 0.25) is 0 Å². The van der Waals surface area contributed by atoms with Crippen LogP contribution in [0.3, 0.4) is 0 Å². The topological polar surface area (TPSA) is 162 Å².